The van der Waals surface area contributed by atoms with E-state index in [0.29, 0.717) is 0 Å². The third-order valence-corrected chi connectivity index (χ3v) is 4.90. The maximum Gasteiger partial charge on any atom is 0.0565 e. The molecule has 0 aromatic heterocycles. The molecule has 3 heteroatoms. The Morgan fingerprint density at radius 1 is 1.33 bits per heavy atom. The Morgan fingerprint density at radius 3 is 2.53 bits per heavy atom. The van der Waals surface area contributed by atoms with Crippen LogP contribution < -0.4 is 5.73 Å². The van der Waals surface area contributed by atoms with Crippen LogP contribution >= 0.6 is 11.8 Å². The van der Waals surface area contributed by atoms with Gasteiger partial charge in [0, 0.05) is 16.5 Å². The van der Waals surface area contributed by atoms with E-state index in [1.165, 1.54) is 32.1 Å². The first kappa shape index (κ1) is 13.3. The molecule has 0 saturated heterocycles. The number of nitrogens with two attached hydrogens (primary N) is 1. The van der Waals surface area contributed by atoms with E-state index in [2.05, 4.69) is 6.92 Å². The molecule has 1 fully saturated rings. The lowest BCUT2D eigenvalue weighted by Gasteiger charge is -2.28. The largest absolute Gasteiger partial charge is 0.395 e. The SMILES string of the molecule is CCCC(N)C(CO)SC1CCCCC1. The van der Waals surface area contributed by atoms with Gasteiger partial charge in [-0.3, -0.25) is 0 Å². The molecule has 0 radical (unpaired) electrons. The van der Waals surface area contributed by atoms with Crippen LogP contribution in [-0.2, 0) is 0 Å². The van der Waals surface area contributed by atoms with Crippen LogP contribution in [0, 0.1) is 0 Å². The average Bonchev–Trinajstić information content (AvgIpc) is 2.27. The Kier molecular flexibility index (Phi) is 6.69. The minimum absolute atomic E-state index is 0.173. The monoisotopic (exact) mass is 231 g/mol. The summed E-state index contributed by atoms with van der Waals surface area (Å²) < 4.78 is 0. The van der Waals surface area contributed by atoms with Gasteiger partial charge in [0.2, 0.25) is 0 Å². The molecule has 0 aliphatic heterocycles. The molecule has 2 unspecified atom stereocenters. The molecule has 1 rings (SSSR count). The van der Waals surface area contributed by atoms with Crippen LogP contribution in [0.25, 0.3) is 0 Å². The molecule has 0 aromatic rings. The predicted octanol–water partition coefficient (Wildman–Crippen LogP) is 2.54. The summed E-state index contributed by atoms with van der Waals surface area (Å²) >= 11 is 1.94. The van der Waals surface area contributed by atoms with E-state index in [0.717, 1.165) is 18.1 Å². The third kappa shape index (κ3) is 4.75. The Labute approximate surface area is 98.0 Å². The molecule has 1 saturated carbocycles. The summed E-state index contributed by atoms with van der Waals surface area (Å²) in [5, 5.41) is 10.4. The van der Waals surface area contributed by atoms with Crippen molar-refractivity contribution in [2.75, 3.05) is 6.61 Å². The van der Waals surface area contributed by atoms with Gasteiger partial charge in [-0.25, -0.2) is 0 Å². The van der Waals surface area contributed by atoms with Gasteiger partial charge >= 0.3 is 0 Å². The molecule has 0 spiro atoms. The van der Waals surface area contributed by atoms with E-state index in [4.69, 9.17) is 5.73 Å². The van der Waals surface area contributed by atoms with Crippen molar-refractivity contribution in [1.29, 1.82) is 0 Å². The van der Waals surface area contributed by atoms with Crippen LogP contribution in [0.3, 0.4) is 0 Å². The van der Waals surface area contributed by atoms with Crippen molar-refractivity contribution < 1.29 is 5.11 Å². The van der Waals surface area contributed by atoms with Crippen LogP contribution in [-0.4, -0.2) is 28.3 Å². The molecule has 15 heavy (non-hydrogen) atoms. The van der Waals surface area contributed by atoms with E-state index < -0.39 is 0 Å². The topological polar surface area (TPSA) is 46.2 Å². The second kappa shape index (κ2) is 7.53. The second-order valence-corrected chi connectivity index (χ2v) is 6.11. The molecular weight excluding hydrogens is 206 g/mol. The van der Waals surface area contributed by atoms with Gasteiger partial charge in [0.25, 0.3) is 0 Å². The van der Waals surface area contributed by atoms with Crippen molar-refractivity contribution in [2.24, 2.45) is 5.73 Å². The standard InChI is InChI=1S/C12H25NOS/c1-2-6-11(13)12(9-14)15-10-7-4-3-5-8-10/h10-12,14H,2-9,13H2,1H3. The van der Waals surface area contributed by atoms with Gasteiger partial charge in [0.15, 0.2) is 0 Å². The van der Waals surface area contributed by atoms with Crippen LogP contribution in [0.1, 0.15) is 51.9 Å². The van der Waals surface area contributed by atoms with E-state index in [9.17, 15) is 5.11 Å². The first-order valence-electron chi connectivity index (χ1n) is 6.29. The summed E-state index contributed by atoms with van der Waals surface area (Å²) in [5.74, 6) is 0. The molecule has 0 bridgehead atoms. The highest BCUT2D eigenvalue weighted by molar-refractivity contribution is 8.00. The fourth-order valence-electron chi connectivity index (χ4n) is 2.25. The molecule has 90 valence electrons. The molecule has 0 aromatic carbocycles. The maximum absolute atomic E-state index is 9.35. The molecule has 1 aliphatic carbocycles. The molecule has 2 nitrogen and oxygen atoms in total. The first-order valence-corrected chi connectivity index (χ1v) is 7.24. The van der Waals surface area contributed by atoms with Crippen molar-refractivity contribution in [3.8, 4) is 0 Å². The van der Waals surface area contributed by atoms with E-state index in [-0.39, 0.29) is 17.9 Å². The summed E-state index contributed by atoms with van der Waals surface area (Å²) in [6.07, 6.45) is 8.90. The molecule has 0 heterocycles. The van der Waals surface area contributed by atoms with Crippen LogP contribution in [0.5, 0.6) is 0 Å². The third-order valence-electron chi connectivity index (χ3n) is 3.20. The van der Waals surface area contributed by atoms with Crippen molar-refractivity contribution in [3.63, 3.8) is 0 Å². The lowest BCUT2D eigenvalue weighted by molar-refractivity contribution is 0.278. The number of aliphatic hydroxyl groups is 1. The number of aliphatic hydroxyl groups excluding tert-OH is 1. The number of rotatable bonds is 6. The van der Waals surface area contributed by atoms with Crippen molar-refractivity contribution >= 4 is 11.8 Å². The van der Waals surface area contributed by atoms with Gasteiger partial charge in [0.1, 0.15) is 0 Å². The fraction of sp³-hybridized carbons (Fsp3) is 1.00. The zero-order valence-corrected chi connectivity index (χ0v) is 10.6. The highest BCUT2D eigenvalue weighted by atomic mass is 32.2. The quantitative estimate of drug-likeness (QED) is 0.738. The van der Waals surface area contributed by atoms with Gasteiger partial charge in [-0.1, -0.05) is 32.6 Å². The van der Waals surface area contributed by atoms with Crippen molar-refractivity contribution in [1.82, 2.24) is 0 Å². The summed E-state index contributed by atoms with van der Waals surface area (Å²) in [6.45, 7) is 2.39. The summed E-state index contributed by atoms with van der Waals surface area (Å²) in [5.41, 5.74) is 6.08. The zero-order valence-electron chi connectivity index (χ0n) is 9.82. The second-order valence-electron chi connectivity index (χ2n) is 4.57. The zero-order chi connectivity index (χ0) is 11.1. The Bertz CT molecular complexity index is 160. The number of hydrogen-bond acceptors (Lipinski definition) is 3. The maximum atomic E-state index is 9.35. The lowest BCUT2D eigenvalue weighted by atomic mass is 10.0. The Hall–Kier alpha value is 0.270. The minimum Gasteiger partial charge on any atom is -0.395 e. The highest BCUT2D eigenvalue weighted by Gasteiger charge is 2.22. The van der Waals surface area contributed by atoms with E-state index in [1.807, 2.05) is 11.8 Å². The van der Waals surface area contributed by atoms with Crippen LogP contribution in [0.4, 0.5) is 0 Å². The summed E-state index contributed by atoms with van der Waals surface area (Å²) in [7, 11) is 0. The molecular formula is C12H25NOS. The van der Waals surface area contributed by atoms with Crippen LogP contribution in [0.15, 0.2) is 0 Å². The lowest BCUT2D eigenvalue weighted by Crippen LogP contribution is -2.36. The highest BCUT2D eigenvalue weighted by Crippen LogP contribution is 2.32. The van der Waals surface area contributed by atoms with Gasteiger partial charge in [-0.2, -0.15) is 11.8 Å². The average molecular weight is 231 g/mol. The summed E-state index contributed by atoms with van der Waals surface area (Å²) in [4.78, 5) is 0. The van der Waals surface area contributed by atoms with Gasteiger partial charge < -0.3 is 10.8 Å². The van der Waals surface area contributed by atoms with E-state index >= 15 is 0 Å². The van der Waals surface area contributed by atoms with Crippen molar-refractivity contribution in [3.05, 3.63) is 0 Å². The van der Waals surface area contributed by atoms with Gasteiger partial charge in [0.05, 0.1) is 6.61 Å². The van der Waals surface area contributed by atoms with E-state index in [1.54, 1.807) is 0 Å². The summed E-state index contributed by atoms with van der Waals surface area (Å²) in [6, 6.07) is 0.173. The predicted molar refractivity (Wildman–Crippen MR) is 68.2 cm³/mol. The fourth-order valence-corrected chi connectivity index (χ4v) is 3.77. The first-order chi connectivity index (χ1) is 7.27. The number of hydrogen-bond donors (Lipinski definition) is 2. The smallest absolute Gasteiger partial charge is 0.0565 e. The Morgan fingerprint density at radius 2 is 2.00 bits per heavy atom. The number of thioether (sulfide) groups is 1. The van der Waals surface area contributed by atoms with Gasteiger partial charge in [-0.05, 0) is 19.3 Å². The molecule has 0 amide bonds. The van der Waals surface area contributed by atoms with Gasteiger partial charge in [-0.15, -0.1) is 0 Å². The molecule has 3 N–H and O–H groups in total. The molecule has 1 aliphatic rings. The normalized spacial score (nSPS) is 22.6. The van der Waals surface area contributed by atoms with Crippen LogP contribution in [0.2, 0.25) is 0 Å². The van der Waals surface area contributed by atoms with Crippen molar-refractivity contribution in [2.45, 2.75) is 68.4 Å². The molecule has 2 atom stereocenters. The Balaban J connectivity index is 2.30. The minimum atomic E-state index is 0.173.